The Balaban J connectivity index is 0.00000445. The molecule has 0 saturated heterocycles. The molecule has 2 heteroatoms. The fourth-order valence-corrected chi connectivity index (χ4v) is 8.63. The summed E-state index contributed by atoms with van der Waals surface area (Å²) in [5, 5.41) is 1.22. The van der Waals surface area contributed by atoms with Crippen LogP contribution in [0.25, 0.3) is 112 Å². The van der Waals surface area contributed by atoms with E-state index in [9.17, 15) is 0 Å². The molecule has 10 aromatic rings. The van der Waals surface area contributed by atoms with Gasteiger partial charge in [0.15, 0.2) is 0 Å². The van der Waals surface area contributed by atoms with Crippen LogP contribution >= 0.6 is 0 Å². The SMILES string of the molecule is [Ir].[c-]1ccc(-c2cc(-c3cc(-c4ccccc4)cc(-c4ccccc4)c3)cc(-c3cc(-c4ccccc4)cc(-c4ccccc4)c3)c2)cc1-c1cc2c3c(cccc3n1)C=C2. The summed E-state index contributed by atoms with van der Waals surface area (Å²) < 4.78 is 0. The smallest absolute Gasteiger partial charge is 0.0607 e. The molecular formula is C59H38IrN-. The van der Waals surface area contributed by atoms with Gasteiger partial charge in [0.25, 0.3) is 0 Å². The second-order valence-corrected chi connectivity index (χ2v) is 15.5. The normalized spacial score (nSPS) is 11.4. The fourth-order valence-electron chi connectivity index (χ4n) is 8.63. The van der Waals surface area contributed by atoms with Crippen LogP contribution in [0.4, 0.5) is 0 Å². The molecule has 0 fully saturated rings. The summed E-state index contributed by atoms with van der Waals surface area (Å²) in [5.41, 5.74) is 21.6. The molecule has 0 bridgehead atoms. The van der Waals surface area contributed by atoms with Gasteiger partial charge in [-0.2, -0.15) is 0 Å². The van der Waals surface area contributed by atoms with Gasteiger partial charge in [-0.15, -0.1) is 35.4 Å². The third-order valence-corrected chi connectivity index (χ3v) is 11.6. The Bertz CT molecular complexity index is 2970. The van der Waals surface area contributed by atoms with E-state index in [1.54, 1.807) is 0 Å². The van der Waals surface area contributed by atoms with Gasteiger partial charge in [0.2, 0.25) is 0 Å². The van der Waals surface area contributed by atoms with Gasteiger partial charge >= 0.3 is 0 Å². The minimum absolute atomic E-state index is 0. The Hall–Kier alpha value is -7.22. The van der Waals surface area contributed by atoms with E-state index in [1.807, 2.05) is 6.07 Å². The number of hydrogen-bond donors (Lipinski definition) is 0. The molecular weight excluding hydrogens is 915 g/mol. The van der Waals surface area contributed by atoms with Gasteiger partial charge in [-0.05, 0) is 150 Å². The van der Waals surface area contributed by atoms with E-state index < -0.39 is 0 Å². The molecule has 0 unspecified atom stereocenters. The molecule has 0 amide bonds. The van der Waals surface area contributed by atoms with Crippen LogP contribution in [0.1, 0.15) is 11.1 Å². The van der Waals surface area contributed by atoms with Crippen molar-refractivity contribution in [2.45, 2.75) is 0 Å². The predicted molar refractivity (Wildman–Crippen MR) is 253 cm³/mol. The molecule has 9 aromatic carbocycles. The van der Waals surface area contributed by atoms with Crippen molar-refractivity contribution in [3.05, 3.63) is 236 Å². The Kier molecular flexibility index (Phi) is 10.2. The van der Waals surface area contributed by atoms with Crippen molar-refractivity contribution < 1.29 is 20.1 Å². The summed E-state index contributed by atoms with van der Waals surface area (Å²) >= 11 is 0. The van der Waals surface area contributed by atoms with Gasteiger partial charge < -0.3 is 0 Å². The molecule has 11 rings (SSSR count). The van der Waals surface area contributed by atoms with E-state index in [0.717, 1.165) is 50.2 Å². The quantitative estimate of drug-likeness (QED) is 0.138. The number of benzene rings is 9. The summed E-state index contributed by atoms with van der Waals surface area (Å²) in [6.07, 6.45) is 4.38. The molecule has 0 aliphatic heterocycles. The van der Waals surface area contributed by atoms with Crippen LogP contribution in [0.15, 0.2) is 218 Å². The molecule has 289 valence electrons. The average Bonchev–Trinajstić information content (AvgIpc) is 3.76. The zero-order valence-electron chi connectivity index (χ0n) is 33.2. The van der Waals surface area contributed by atoms with Crippen molar-refractivity contribution in [3.63, 3.8) is 0 Å². The van der Waals surface area contributed by atoms with E-state index in [0.29, 0.717) is 0 Å². The van der Waals surface area contributed by atoms with Gasteiger partial charge in [0, 0.05) is 25.5 Å². The van der Waals surface area contributed by atoms with Gasteiger partial charge in [-0.1, -0.05) is 152 Å². The third kappa shape index (κ3) is 7.60. The fraction of sp³-hybridized carbons (Fsp3) is 0. The molecule has 1 aromatic heterocycles. The van der Waals surface area contributed by atoms with E-state index in [4.69, 9.17) is 4.98 Å². The maximum atomic E-state index is 5.15. The van der Waals surface area contributed by atoms with Crippen molar-refractivity contribution in [1.29, 1.82) is 0 Å². The van der Waals surface area contributed by atoms with Crippen LogP contribution in [0.3, 0.4) is 0 Å². The largest absolute Gasteiger partial charge is 0.296 e. The summed E-state index contributed by atoms with van der Waals surface area (Å²) in [5.74, 6) is 0. The summed E-state index contributed by atoms with van der Waals surface area (Å²) in [6.45, 7) is 0. The number of aromatic nitrogens is 1. The first-order valence-electron chi connectivity index (χ1n) is 20.5. The first-order valence-corrected chi connectivity index (χ1v) is 20.5. The first kappa shape index (κ1) is 38.0. The minimum Gasteiger partial charge on any atom is -0.296 e. The van der Waals surface area contributed by atoms with Crippen molar-refractivity contribution in [2.75, 3.05) is 0 Å². The number of nitrogens with zero attached hydrogens (tertiary/aromatic N) is 1. The molecule has 0 saturated carbocycles. The Labute approximate surface area is 370 Å². The van der Waals surface area contributed by atoms with Crippen LogP contribution in [0.2, 0.25) is 0 Å². The number of rotatable bonds is 8. The molecule has 0 atom stereocenters. The molecule has 61 heavy (non-hydrogen) atoms. The molecule has 1 radical (unpaired) electrons. The third-order valence-electron chi connectivity index (χ3n) is 11.6. The Morgan fingerprint density at radius 1 is 0.295 bits per heavy atom. The molecule has 0 N–H and O–H groups in total. The second-order valence-electron chi connectivity index (χ2n) is 15.5. The zero-order chi connectivity index (χ0) is 39.8. The number of pyridine rings is 1. The number of hydrogen-bond acceptors (Lipinski definition) is 1. The van der Waals surface area contributed by atoms with Gasteiger partial charge in [-0.3, -0.25) is 4.98 Å². The molecule has 1 aliphatic rings. The van der Waals surface area contributed by atoms with Crippen molar-refractivity contribution in [1.82, 2.24) is 4.98 Å². The van der Waals surface area contributed by atoms with E-state index in [-0.39, 0.29) is 20.1 Å². The van der Waals surface area contributed by atoms with Gasteiger partial charge in [0.05, 0.1) is 5.52 Å². The Morgan fingerprint density at radius 2 is 0.672 bits per heavy atom. The van der Waals surface area contributed by atoms with Crippen LogP contribution in [0, 0.1) is 6.07 Å². The van der Waals surface area contributed by atoms with Gasteiger partial charge in [0.1, 0.15) is 0 Å². The molecule has 1 aliphatic carbocycles. The van der Waals surface area contributed by atoms with Crippen LogP contribution in [0.5, 0.6) is 0 Å². The van der Waals surface area contributed by atoms with Crippen LogP contribution in [-0.4, -0.2) is 4.98 Å². The van der Waals surface area contributed by atoms with E-state index >= 15 is 0 Å². The summed E-state index contributed by atoms with van der Waals surface area (Å²) in [7, 11) is 0. The standard InChI is InChI=1S/C59H38N.Ir/c1-5-15-40(16-6-1)48-30-49(41-17-7-2-8-18-41)33-53(32-48)55-36-52(45-24-13-25-46(29-45)58-39-47-28-27-44-23-14-26-57(60-58)59(44)47)37-56(38-55)54-34-50(42-19-9-3-10-20-42)31-51(35-54)43-21-11-4-12-22-43;/h1-24,26-39H;/q-1;. The van der Waals surface area contributed by atoms with Crippen molar-refractivity contribution in [2.24, 2.45) is 0 Å². The van der Waals surface area contributed by atoms with Crippen molar-refractivity contribution in [3.8, 4) is 89.1 Å². The van der Waals surface area contributed by atoms with Crippen LogP contribution in [-0.2, 0) is 20.1 Å². The van der Waals surface area contributed by atoms with Crippen molar-refractivity contribution >= 4 is 23.1 Å². The molecule has 1 nitrogen and oxygen atoms in total. The van der Waals surface area contributed by atoms with Crippen LogP contribution < -0.4 is 0 Å². The summed E-state index contributed by atoms with van der Waals surface area (Å²) in [6, 6.07) is 82.4. The monoisotopic (exact) mass is 953 g/mol. The maximum absolute atomic E-state index is 5.15. The first-order chi connectivity index (χ1) is 29.7. The second kappa shape index (κ2) is 16.4. The predicted octanol–water partition coefficient (Wildman–Crippen LogP) is 15.9. The van der Waals surface area contributed by atoms with E-state index in [1.165, 1.54) is 61.0 Å². The van der Waals surface area contributed by atoms with E-state index in [2.05, 4.69) is 231 Å². The molecule has 1 heterocycles. The molecule has 0 spiro atoms. The maximum Gasteiger partial charge on any atom is 0.0607 e. The topological polar surface area (TPSA) is 12.9 Å². The average molecular weight is 953 g/mol. The van der Waals surface area contributed by atoms with Gasteiger partial charge in [-0.25, -0.2) is 0 Å². The Morgan fingerprint density at radius 3 is 1.10 bits per heavy atom. The zero-order valence-corrected chi connectivity index (χ0v) is 35.6. The minimum atomic E-state index is 0. The summed E-state index contributed by atoms with van der Waals surface area (Å²) in [4.78, 5) is 5.15.